The second kappa shape index (κ2) is 5.60. The topological polar surface area (TPSA) is 59.4 Å². The quantitative estimate of drug-likeness (QED) is 0.935. The van der Waals surface area contributed by atoms with E-state index in [2.05, 4.69) is 35.0 Å². The summed E-state index contributed by atoms with van der Waals surface area (Å²) in [7, 11) is 0. The Morgan fingerprint density at radius 1 is 1.29 bits per heavy atom. The van der Waals surface area contributed by atoms with E-state index < -0.39 is 0 Å². The van der Waals surface area contributed by atoms with Crippen molar-refractivity contribution >= 4 is 5.96 Å². The second-order valence-electron chi connectivity index (χ2n) is 5.81. The average Bonchev–Trinajstić information content (AvgIpc) is 3.08. The third kappa shape index (κ3) is 2.77. The molecular formula is C16H21N5. The lowest BCUT2D eigenvalue weighted by Crippen LogP contribution is -2.38. The molecule has 1 aliphatic rings. The summed E-state index contributed by atoms with van der Waals surface area (Å²) in [5.41, 5.74) is 8.24. The molecule has 2 aromatic rings. The maximum absolute atomic E-state index is 6.02. The van der Waals surface area contributed by atoms with Crippen molar-refractivity contribution in [3.8, 4) is 5.69 Å². The minimum atomic E-state index is 0.199. The third-order valence-corrected chi connectivity index (χ3v) is 3.67. The van der Waals surface area contributed by atoms with Crippen molar-refractivity contribution in [1.82, 2.24) is 14.7 Å². The van der Waals surface area contributed by atoms with Gasteiger partial charge in [0.15, 0.2) is 5.96 Å². The van der Waals surface area contributed by atoms with Crippen LogP contribution in [0.3, 0.4) is 0 Å². The van der Waals surface area contributed by atoms with E-state index in [1.165, 1.54) is 0 Å². The maximum atomic E-state index is 6.02. The van der Waals surface area contributed by atoms with Gasteiger partial charge in [0, 0.05) is 18.3 Å². The van der Waals surface area contributed by atoms with Crippen LogP contribution in [-0.2, 0) is 0 Å². The molecule has 2 heterocycles. The molecule has 21 heavy (non-hydrogen) atoms. The van der Waals surface area contributed by atoms with Crippen LogP contribution in [0.4, 0.5) is 0 Å². The van der Waals surface area contributed by atoms with Crippen LogP contribution in [0, 0.1) is 5.92 Å². The van der Waals surface area contributed by atoms with Crippen molar-refractivity contribution in [3.05, 3.63) is 48.3 Å². The average molecular weight is 283 g/mol. The van der Waals surface area contributed by atoms with Gasteiger partial charge in [0.1, 0.15) is 0 Å². The largest absolute Gasteiger partial charge is 0.370 e. The van der Waals surface area contributed by atoms with Gasteiger partial charge < -0.3 is 10.6 Å². The Morgan fingerprint density at radius 2 is 2.05 bits per heavy atom. The summed E-state index contributed by atoms with van der Waals surface area (Å²) in [6, 6.07) is 10.3. The number of nitrogens with zero attached hydrogens (tertiary/aromatic N) is 4. The van der Waals surface area contributed by atoms with E-state index in [4.69, 9.17) is 5.73 Å². The molecule has 2 N–H and O–H groups in total. The number of para-hydroxylation sites is 1. The number of hydrogen-bond acceptors (Lipinski definition) is 4. The lowest BCUT2D eigenvalue weighted by atomic mass is 10.1. The minimum absolute atomic E-state index is 0.199. The number of hydrogen-bond donors (Lipinski definition) is 1. The molecule has 0 fully saturated rings. The molecule has 0 amide bonds. The van der Waals surface area contributed by atoms with Crippen molar-refractivity contribution in [1.29, 1.82) is 0 Å². The molecule has 0 radical (unpaired) electrons. The van der Waals surface area contributed by atoms with Gasteiger partial charge in [-0.15, -0.1) is 0 Å². The fourth-order valence-corrected chi connectivity index (χ4v) is 2.66. The molecule has 0 saturated heterocycles. The first-order chi connectivity index (χ1) is 10.1. The summed E-state index contributed by atoms with van der Waals surface area (Å²) >= 11 is 0. The smallest absolute Gasteiger partial charge is 0.191 e. The predicted molar refractivity (Wildman–Crippen MR) is 84.3 cm³/mol. The normalized spacial score (nSPS) is 18.3. The Labute approximate surface area is 125 Å². The van der Waals surface area contributed by atoms with Crippen LogP contribution >= 0.6 is 0 Å². The van der Waals surface area contributed by atoms with Gasteiger partial charge in [-0.05, 0) is 18.1 Å². The lowest BCUT2D eigenvalue weighted by Gasteiger charge is -2.27. The van der Waals surface area contributed by atoms with E-state index >= 15 is 0 Å². The predicted octanol–water partition coefficient (Wildman–Crippen LogP) is 2.20. The van der Waals surface area contributed by atoms with Crippen LogP contribution in [0.15, 0.2) is 47.7 Å². The van der Waals surface area contributed by atoms with E-state index in [1.807, 2.05) is 41.2 Å². The molecule has 1 atom stereocenters. The van der Waals surface area contributed by atoms with Crippen molar-refractivity contribution in [2.75, 3.05) is 13.1 Å². The van der Waals surface area contributed by atoms with Crippen molar-refractivity contribution in [2.45, 2.75) is 19.9 Å². The van der Waals surface area contributed by atoms with Crippen LogP contribution < -0.4 is 5.73 Å². The highest BCUT2D eigenvalue weighted by atomic mass is 15.3. The van der Waals surface area contributed by atoms with Crippen LogP contribution in [0.2, 0.25) is 0 Å². The molecule has 0 spiro atoms. The molecule has 1 aromatic heterocycles. The standard InChI is InChI=1S/C16H21N5/c1-12(2)10-20-15(9-18-16(20)17)13-8-19-21(11-13)14-6-4-3-5-7-14/h3-8,11-12,15H,9-10H2,1-2H3,(H2,17,18). The summed E-state index contributed by atoms with van der Waals surface area (Å²) in [6.45, 7) is 6.00. The Kier molecular flexibility index (Phi) is 3.64. The Hall–Kier alpha value is -2.30. The summed E-state index contributed by atoms with van der Waals surface area (Å²) in [6.07, 6.45) is 3.99. The molecule has 0 aliphatic carbocycles. The van der Waals surface area contributed by atoms with Gasteiger partial charge in [0.05, 0.1) is 24.5 Å². The molecule has 1 unspecified atom stereocenters. The Bertz CT molecular complexity index is 629. The van der Waals surface area contributed by atoms with E-state index in [0.29, 0.717) is 18.4 Å². The summed E-state index contributed by atoms with van der Waals surface area (Å²) in [5.74, 6) is 1.18. The zero-order chi connectivity index (χ0) is 14.8. The highest BCUT2D eigenvalue weighted by molar-refractivity contribution is 5.80. The minimum Gasteiger partial charge on any atom is -0.370 e. The van der Waals surface area contributed by atoms with E-state index in [0.717, 1.165) is 17.8 Å². The maximum Gasteiger partial charge on any atom is 0.191 e. The number of benzene rings is 1. The van der Waals surface area contributed by atoms with Gasteiger partial charge in [-0.1, -0.05) is 32.0 Å². The molecular weight excluding hydrogens is 262 g/mol. The lowest BCUT2D eigenvalue weighted by molar-refractivity contribution is 0.309. The number of aromatic nitrogens is 2. The molecule has 3 rings (SSSR count). The second-order valence-corrected chi connectivity index (χ2v) is 5.81. The van der Waals surface area contributed by atoms with Crippen LogP contribution in [0.25, 0.3) is 5.69 Å². The molecule has 1 aromatic carbocycles. The summed E-state index contributed by atoms with van der Waals surface area (Å²) in [4.78, 5) is 6.57. The van der Waals surface area contributed by atoms with Gasteiger partial charge >= 0.3 is 0 Å². The number of aliphatic imine (C=N–C) groups is 1. The highest BCUT2D eigenvalue weighted by Gasteiger charge is 2.28. The van der Waals surface area contributed by atoms with Gasteiger partial charge in [-0.2, -0.15) is 5.10 Å². The van der Waals surface area contributed by atoms with E-state index in [-0.39, 0.29) is 6.04 Å². The summed E-state index contributed by atoms with van der Waals surface area (Å²) < 4.78 is 1.90. The van der Waals surface area contributed by atoms with Crippen molar-refractivity contribution in [3.63, 3.8) is 0 Å². The monoisotopic (exact) mass is 283 g/mol. The van der Waals surface area contributed by atoms with Crippen LogP contribution in [-0.4, -0.2) is 33.7 Å². The fraction of sp³-hybridized carbons (Fsp3) is 0.375. The SMILES string of the molecule is CC(C)CN1C(N)=NCC1c1cnn(-c2ccccc2)c1. The van der Waals surface area contributed by atoms with Gasteiger partial charge in [0.25, 0.3) is 0 Å². The molecule has 110 valence electrons. The molecule has 0 saturated carbocycles. The first-order valence-electron chi connectivity index (χ1n) is 7.31. The Balaban J connectivity index is 1.83. The van der Waals surface area contributed by atoms with Gasteiger partial charge in [0.2, 0.25) is 0 Å². The zero-order valence-corrected chi connectivity index (χ0v) is 12.5. The van der Waals surface area contributed by atoms with Crippen LogP contribution in [0.1, 0.15) is 25.5 Å². The van der Waals surface area contributed by atoms with E-state index in [1.54, 1.807) is 0 Å². The number of guanidine groups is 1. The molecule has 5 nitrogen and oxygen atoms in total. The van der Waals surface area contributed by atoms with Gasteiger partial charge in [-0.25, -0.2) is 4.68 Å². The van der Waals surface area contributed by atoms with E-state index in [9.17, 15) is 0 Å². The number of rotatable bonds is 4. The molecule has 0 bridgehead atoms. The molecule has 5 heteroatoms. The first kappa shape index (κ1) is 13.7. The zero-order valence-electron chi connectivity index (χ0n) is 12.5. The number of nitrogens with two attached hydrogens (primary N) is 1. The van der Waals surface area contributed by atoms with Crippen LogP contribution in [0.5, 0.6) is 0 Å². The molecule has 1 aliphatic heterocycles. The van der Waals surface area contributed by atoms with Gasteiger partial charge in [-0.3, -0.25) is 4.99 Å². The van der Waals surface area contributed by atoms with Crippen molar-refractivity contribution in [2.24, 2.45) is 16.6 Å². The fourth-order valence-electron chi connectivity index (χ4n) is 2.66. The van der Waals surface area contributed by atoms with Crippen molar-refractivity contribution < 1.29 is 0 Å². The Morgan fingerprint density at radius 3 is 2.76 bits per heavy atom. The highest BCUT2D eigenvalue weighted by Crippen LogP contribution is 2.26. The summed E-state index contributed by atoms with van der Waals surface area (Å²) in [5, 5.41) is 4.47. The first-order valence-corrected chi connectivity index (χ1v) is 7.31. The third-order valence-electron chi connectivity index (χ3n) is 3.67.